The molecule has 1 saturated carbocycles. The quantitative estimate of drug-likeness (QED) is 0.611. The normalized spacial score (nSPS) is 23.0. The van der Waals surface area contributed by atoms with E-state index in [1.165, 1.54) is 4.68 Å². The van der Waals surface area contributed by atoms with Gasteiger partial charge in [0.25, 0.3) is 5.91 Å². The second-order valence-corrected chi connectivity index (χ2v) is 10.1. The van der Waals surface area contributed by atoms with E-state index in [2.05, 4.69) is 10.4 Å². The van der Waals surface area contributed by atoms with Crippen LogP contribution in [0.2, 0.25) is 5.02 Å². The fraction of sp³-hybridized carbons (Fsp3) is 0.500. The number of alkyl halides is 2. The highest BCUT2D eigenvalue weighted by atomic mass is 35.5. The van der Waals surface area contributed by atoms with Crippen LogP contribution < -0.4 is 11.1 Å². The molecule has 2 aliphatic rings. The Kier molecular flexibility index (Phi) is 5.83. The Labute approximate surface area is 193 Å². The first-order chi connectivity index (χ1) is 14.6. The maximum atomic E-state index is 13.1. The van der Waals surface area contributed by atoms with Crippen molar-refractivity contribution in [3.63, 3.8) is 0 Å². The maximum absolute atomic E-state index is 13.1. The van der Waals surface area contributed by atoms with Gasteiger partial charge in [0, 0.05) is 28.9 Å². The molecule has 1 aromatic heterocycles. The number of nitrogens with two attached hydrogens (primary N) is 1. The number of rotatable bonds is 6. The highest BCUT2D eigenvalue weighted by molar-refractivity contribution is 6.51. The molecular weight excluding hydrogens is 465 g/mol. The summed E-state index contributed by atoms with van der Waals surface area (Å²) in [5, 5.41) is 8.12. The predicted molar refractivity (Wildman–Crippen MR) is 118 cm³/mol. The number of halogens is 3. The number of primary amides is 1. The molecule has 3 amide bonds. The second-order valence-electron chi connectivity index (χ2n) is 8.15. The zero-order valence-electron chi connectivity index (χ0n) is 16.8. The highest BCUT2D eigenvalue weighted by Gasteiger charge is 2.55. The van der Waals surface area contributed by atoms with Gasteiger partial charge < -0.3 is 16.0 Å². The molecular formula is C20H22Cl3N5O3. The Hall–Kier alpha value is -2.03. The highest BCUT2D eigenvalue weighted by Crippen LogP contribution is 2.54. The molecule has 166 valence electrons. The monoisotopic (exact) mass is 485 g/mol. The van der Waals surface area contributed by atoms with E-state index in [1.54, 1.807) is 23.1 Å². The first-order valence-electron chi connectivity index (χ1n) is 10.0. The maximum Gasteiger partial charge on any atom is 0.269 e. The van der Waals surface area contributed by atoms with Crippen LogP contribution in [0.5, 0.6) is 0 Å². The summed E-state index contributed by atoms with van der Waals surface area (Å²) in [7, 11) is 0. The van der Waals surface area contributed by atoms with Crippen LogP contribution in [-0.2, 0) is 16.1 Å². The smallest absolute Gasteiger partial charge is 0.269 e. The van der Waals surface area contributed by atoms with E-state index in [4.69, 9.17) is 40.5 Å². The average molecular weight is 487 g/mol. The number of nitrogens with one attached hydrogen (secondary N) is 1. The minimum Gasteiger partial charge on any atom is -0.364 e. The molecule has 0 spiro atoms. The zero-order valence-corrected chi connectivity index (χ0v) is 19.0. The number of hydrogen-bond donors (Lipinski definition) is 2. The van der Waals surface area contributed by atoms with Crippen molar-refractivity contribution in [1.29, 1.82) is 0 Å². The van der Waals surface area contributed by atoms with E-state index >= 15 is 0 Å². The Bertz CT molecular complexity index is 1070. The van der Waals surface area contributed by atoms with Gasteiger partial charge in [-0.05, 0) is 44.4 Å². The third-order valence-electron chi connectivity index (χ3n) is 5.96. The van der Waals surface area contributed by atoms with Crippen molar-refractivity contribution in [1.82, 2.24) is 20.0 Å². The van der Waals surface area contributed by atoms with Crippen molar-refractivity contribution < 1.29 is 14.4 Å². The molecule has 2 fully saturated rings. The number of fused-ring (bicyclic) bond motifs is 1. The van der Waals surface area contributed by atoms with Crippen LogP contribution in [0, 0.1) is 5.92 Å². The van der Waals surface area contributed by atoms with Crippen LogP contribution in [0.4, 0.5) is 0 Å². The topological polar surface area (TPSA) is 110 Å². The van der Waals surface area contributed by atoms with Gasteiger partial charge >= 0.3 is 0 Å². The van der Waals surface area contributed by atoms with Crippen molar-refractivity contribution in [2.24, 2.45) is 11.7 Å². The standard InChI is InChI=1S/C20H22Cl3N5O3/c1-10(13-8-20(13,22)23)25-19(31)14-3-2-6-27(14)16(29)9-28-15-7-11(21)4-5-12(15)17(26-28)18(24)30/h4-5,7,10,13-14H,2-3,6,8-9H2,1H3,(H2,24,30)(H,25,31)/t10-,13-,14+/m1/s1. The van der Waals surface area contributed by atoms with Gasteiger partial charge in [0.1, 0.15) is 16.9 Å². The summed E-state index contributed by atoms with van der Waals surface area (Å²) in [5.41, 5.74) is 6.02. The summed E-state index contributed by atoms with van der Waals surface area (Å²) in [4.78, 5) is 39.2. The third kappa shape index (κ3) is 4.33. The summed E-state index contributed by atoms with van der Waals surface area (Å²) in [6, 6.07) is 4.14. The van der Waals surface area contributed by atoms with Gasteiger partial charge in [0.15, 0.2) is 5.69 Å². The van der Waals surface area contributed by atoms with Crippen LogP contribution in [0.1, 0.15) is 36.7 Å². The SMILES string of the molecule is C[C@@H](NC(=O)[C@@H]1CCCN1C(=O)Cn1nc(C(N)=O)c2ccc(Cl)cc21)[C@H]1CC1(Cl)Cl. The molecule has 2 aromatic rings. The van der Waals surface area contributed by atoms with E-state index < -0.39 is 16.3 Å². The lowest BCUT2D eigenvalue weighted by molar-refractivity contribution is -0.139. The summed E-state index contributed by atoms with van der Waals surface area (Å²) < 4.78 is 0.609. The average Bonchev–Trinajstić information content (AvgIpc) is 3.06. The van der Waals surface area contributed by atoms with Crippen LogP contribution in [0.3, 0.4) is 0 Å². The molecule has 1 saturated heterocycles. The van der Waals surface area contributed by atoms with Crippen molar-refractivity contribution in [2.75, 3.05) is 6.54 Å². The van der Waals surface area contributed by atoms with Gasteiger partial charge in [0.2, 0.25) is 11.8 Å². The summed E-state index contributed by atoms with van der Waals surface area (Å²) in [6.07, 6.45) is 1.91. The van der Waals surface area contributed by atoms with Gasteiger partial charge in [0.05, 0.1) is 5.52 Å². The molecule has 0 bridgehead atoms. The van der Waals surface area contributed by atoms with Crippen molar-refractivity contribution in [3.8, 4) is 0 Å². The third-order valence-corrected chi connectivity index (χ3v) is 7.06. The lowest BCUT2D eigenvalue weighted by atomic mass is 10.1. The summed E-state index contributed by atoms with van der Waals surface area (Å²) in [6.45, 7) is 2.19. The lowest BCUT2D eigenvalue weighted by Gasteiger charge is -2.26. The Morgan fingerprint density at radius 1 is 1.35 bits per heavy atom. The molecule has 1 aliphatic heterocycles. The van der Waals surface area contributed by atoms with Gasteiger partial charge in [-0.15, -0.1) is 23.2 Å². The molecule has 31 heavy (non-hydrogen) atoms. The molecule has 3 atom stereocenters. The molecule has 0 unspecified atom stereocenters. The molecule has 0 radical (unpaired) electrons. The van der Waals surface area contributed by atoms with Crippen molar-refractivity contribution in [3.05, 3.63) is 28.9 Å². The first-order valence-corrected chi connectivity index (χ1v) is 11.2. The van der Waals surface area contributed by atoms with Crippen LogP contribution in [-0.4, -0.2) is 55.4 Å². The Balaban J connectivity index is 1.50. The first kappa shape index (κ1) is 22.2. The molecule has 1 aromatic carbocycles. The predicted octanol–water partition coefficient (Wildman–Crippen LogP) is 2.48. The van der Waals surface area contributed by atoms with Gasteiger partial charge in [-0.1, -0.05) is 11.6 Å². The Morgan fingerprint density at radius 2 is 2.06 bits per heavy atom. The molecule has 1 aliphatic carbocycles. The number of likely N-dealkylation sites (tertiary alicyclic amines) is 1. The summed E-state index contributed by atoms with van der Waals surface area (Å²) in [5.74, 6) is -1.19. The van der Waals surface area contributed by atoms with Gasteiger partial charge in [-0.3, -0.25) is 19.1 Å². The minimum absolute atomic E-state index is 0.00209. The number of aromatic nitrogens is 2. The zero-order chi connectivity index (χ0) is 22.5. The van der Waals surface area contributed by atoms with Crippen molar-refractivity contribution >= 4 is 63.4 Å². The lowest BCUT2D eigenvalue weighted by Crippen LogP contribution is -2.49. The number of amides is 3. The molecule has 2 heterocycles. The molecule has 4 rings (SSSR count). The van der Waals surface area contributed by atoms with Crippen molar-refractivity contribution in [2.45, 2.75) is 49.1 Å². The van der Waals surface area contributed by atoms with Crippen LogP contribution in [0.15, 0.2) is 18.2 Å². The number of benzene rings is 1. The molecule has 8 nitrogen and oxygen atoms in total. The van der Waals surface area contributed by atoms with E-state index in [1.807, 2.05) is 6.92 Å². The van der Waals surface area contributed by atoms with E-state index in [0.717, 1.165) is 6.42 Å². The fourth-order valence-electron chi connectivity index (χ4n) is 4.20. The number of carbonyl (C=O) groups is 3. The minimum atomic E-state index is -0.793. The van der Waals surface area contributed by atoms with E-state index in [9.17, 15) is 14.4 Å². The largest absolute Gasteiger partial charge is 0.364 e. The Morgan fingerprint density at radius 3 is 2.71 bits per heavy atom. The van der Waals surface area contributed by atoms with Crippen LogP contribution in [0.25, 0.3) is 10.9 Å². The van der Waals surface area contributed by atoms with Crippen LogP contribution >= 0.6 is 34.8 Å². The van der Waals surface area contributed by atoms with Gasteiger partial charge in [-0.25, -0.2) is 0 Å². The fourth-order valence-corrected chi connectivity index (χ4v) is 5.08. The number of carbonyl (C=O) groups excluding carboxylic acids is 3. The van der Waals surface area contributed by atoms with Gasteiger partial charge in [-0.2, -0.15) is 5.10 Å². The summed E-state index contributed by atoms with van der Waals surface area (Å²) >= 11 is 18.3. The number of nitrogens with zero attached hydrogens (tertiary/aromatic N) is 3. The van der Waals surface area contributed by atoms with E-state index in [0.29, 0.717) is 35.3 Å². The molecule has 11 heteroatoms. The second kappa shape index (κ2) is 8.15. The number of hydrogen-bond acceptors (Lipinski definition) is 4. The molecule has 3 N–H and O–H groups in total. The van der Waals surface area contributed by atoms with E-state index in [-0.39, 0.29) is 36.0 Å².